The number of fused-ring (bicyclic) bond motifs is 1. The molecule has 0 radical (unpaired) electrons. The Morgan fingerprint density at radius 1 is 0.923 bits per heavy atom. The number of carbonyl (C=O) groups excluding carboxylic acids is 2. The van der Waals surface area contributed by atoms with Gasteiger partial charge in [0.1, 0.15) is 5.76 Å². The molecule has 0 spiro atoms. The summed E-state index contributed by atoms with van der Waals surface area (Å²) in [7, 11) is 0. The van der Waals surface area contributed by atoms with Crippen LogP contribution in [0.3, 0.4) is 0 Å². The van der Waals surface area contributed by atoms with Gasteiger partial charge in [-0.2, -0.15) is 0 Å². The predicted molar refractivity (Wildman–Crippen MR) is 101 cm³/mol. The van der Waals surface area contributed by atoms with Crippen molar-refractivity contribution in [1.29, 1.82) is 0 Å². The summed E-state index contributed by atoms with van der Waals surface area (Å²) in [5.74, 6) is 0.0153. The molecular weight excluding hydrogens is 348 g/mol. The Balaban J connectivity index is 1.54. The van der Waals surface area contributed by atoms with Crippen molar-refractivity contribution in [3.05, 3.63) is 81.6 Å². The second-order valence-corrected chi connectivity index (χ2v) is 7.53. The third-order valence-corrected chi connectivity index (χ3v) is 5.84. The van der Waals surface area contributed by atoms with E-state index in [1.54, 1.807) is 12.2 Å². The van der Waals surface area contributed by atoms with Gasteiger partial charge in [0.2, 0.25) is 0 Å². The summed E-state index contributed by atoms with van der Waals surface area (Å²) in [5, 5.41) is 11.2. The smallest absolute Gasteiger partial charge is 0.193 e. The van der Waals surface area contributed by atoms with Gasteiger partial charge in [-0.25, -0.2) is 0 Å². The Hall–Kier alpha value is -2.39. The molecular formula is C22H19ClO3. The molecule has 26 heavy (non-hydrogen) atoms. The van der Waals surface area contributed by atoms with Crippen LogP contribution in [0.2, 0.25) is 5.02 Å². The number of hydrogen-bond donors (Lipinski definition) is 1. The van der Waals surface area contributed by atoms with Gasteiger partial charge in [-0.05, 0) is 67.4 Å². The standard InChI is InChI=1S/C22H19ClO3/c23-16-10-8-14(9-11-16)13-4-6-15(7-5-13)21-20(25)12-18-17(22(21)26)2-1-3-19(18)24/h1-3,8-13,15,25H,4-7H2. The summed E-state index contributed by atoms with van der Waals surface area (Å²) in [6, 6.07) is 7.95. The summed E-state index contributed by atoms with van der Waals surface area (Å²) in [5.41, 5.74) is 2.45. The first-order valence-electron chi connectivity index (χ1n) is 8.92. The molecule has 4 rings (SSSR count). The third kappa shape index (κ3) is 2.97. The molecule has 0 unspecified atom stereocenters. The topological polar surface area (TPSA) is 54.4 Å². The minimum Gasteiger partial charge on any atom is -0.507 e. The summed E-state index contributed by atoms with van der Waals surface area (Å²) in [6.07, 6.45) is 9.76. The maximum atomic E-state index is 12.9. The number of aliphatic hydroxyl groups excluding tert-OH is 1. The maximum absolute atomic E-state index is 12.9. The minimum absolute atomic E-state index is 0.0331. The van der Waals surface area contributed by atoms with Crippen molar-refractivity contribution in [2.45, 2.75) is 31.6 Å². The maximum Gasteiger partial charge on any atom is 0.193 e. The fourth-order valence-corrected chi connectivity index (χ4v) is 4.34. The second-order valence-electron chi connectivity index (χ2n) is 7.09. The van der Waals surface area contributed by atoms with Crippen LogP contribution < -0.4 is 0 Å². The van der Waals surface area contributed by atoms with Crippen LogP contribution in [0.15, 0.2) is 71.0 Å². The number of hydrogen-bond acceptors (Lipinski definition) is 3. The Bertz CT molecular complexity index is 892. The zero-order chi connectivity index (χ0) is 18.3. The minimum atomic E-state index is -0.229. The summed E-state index contributed by atoms with van der Waals surface area (Å²) in [6.45, 7) is 0. The van der Waals surface area contributed by atoms with E-state index in [4.69, 9.17) is 11.6 Å². The molecule has 1 saturated carbocycles. The van der Waals surface area contributed by atoms with Gasteiger partial charge < -0.3 is 5.11 Å². The van der Waals surface area contributed by atoms with Crippen LogP contribution in [0.4, 0.5) is 0 Å². The van der Waals surface area contributed by atoms with Crippen molar-refractivity contribution >= 4 is 23.2 Å². The molecule has 0 heterocycles. The predicted octanol–water partition coefficient (Wildman–Crippen LogP) is 5.00. The lowest BCUT2D eigenvalue weighted by molar-refractivity contribution is -0.115. The average molecular weight is 367 g/mol. The van der Waals surface area contributed by atoms with E-state index in [-0.39, 0.29) is 23.2 Å². The van der Waals surface area contributed by atoms with Crippen LogP contribution >= 0.6 is 11.6 Å². The van der Waals surface area contributed by atoms with Crippen LogP contribution in [0.25, 0.3) is 0 Å². The Morgan fingerprint density at radius 3 is 2.27 bits per heavy atom. The van der Waals surface area contributed by atoms with Gasteiger partial charge in [0.15, 0.2) is 11.6 Å². The van der Waals surface area contributed by atoms with E-state index < -0.39 is 0 Å². The quantitative estimate of drug-likeness (QED) is 0.801. The molecule has 1 aromatic carbocycles. The number of allylic oxidation sites excluding steroid dienone is 7. The molecule has 1 aromatic rings. The molecule has 3 aliphatic carbocycles. The molecule has 0 amide bonds. The number of ketones is 2. The molecule has 1 fully saturated rings. The third-order valence-electron chi connectivity index (χ3n) is 5.59. The van der Waals surface area contributed by atoms with Crippen molar-refractivity contribution in [2.24, 2.45) is 5.92 Å². The highest BCUT2D eigenvalue weighted by Gasteiger charge is 2.36. The second kappa shape index (κ2) is 6.73. The molecule has 4 heteroatoms. The monoisotopic (exact) mass is 366 g/mol. The lowest BCUT2D eigenvalue weighted by atomic mass is 9.72. The van der Waals surface area contributed by atoms with Gasteiger partial charge >= 0.3 is 0 Å². The lowest BCUT2D eigenvalue weighted by Gasteiger charge is -2.32. The van der Waals surface area contributed by atoms with E-state index >= 15 is 0 Å². The highest BCUT2D eigenvalue weighted by molar-refractivity contribution is 6.30. The molecule has 0 atom stereocenters. The molecule has 0 saturated heterocycles. The van der Waals surface area contributed by atoms with Crippen LogP contribution in [-0.4, -0.2) is 16.7 Å². The number of aliphatic hydroxyl groups is 1. The van der Waals surface area contributed by atoms with E-state index in [1.807, 2.05) is 12.1 Å². The van der Waals surface area contributed by atoms with Crippen LogP contribution in [0.1, 0.15) is 37.2 Å². The first kappa shape index (κ1) is 17.0. The van der Waals surface area contributed by atoms with Crippen molar-refractivity contribution in [3.63, 3.8) is 0 Å². The highest BCUT2D eigenvalue weighted by atomic mass is 35.5. The molecule has 132 valence electrons. The van der Waals surface area contributed by atoms with Crippen molar-refractivity contribution < 1.29 is 14.7 Å². The van der Waals surface area contributed by atoms with E-state index in [2.05, 4.69) is 12.1 Å². The van der Waals surface area contributed by atoms with E-state index in [0.717, 1.165) is 30.7 Å². The van der Waals surface area contributed by atoms with E-state index in [1.165, 1.54) is 17.7 Å². The van der Waals surface area contributed by atoms with Crippen LogP contribution in [0.5, 0.6) is 0 Å². The van der Waals surface area contributed by atoms with Gasteiger partial charge in [-0.15, -0.1) is 0 Å². The van der Waals surface area contributed by atoms with Gasteiger partial charge in [0.25, 0.3) is 0 Å². The molecule has 3 nitrogen and oxygen atoms in total. The van der Waals surface area contributed by atoms with Crippen LogP contribution in [-0.2, 0) is 9.59 Å². The first-order chi connectivity index (χ1) is 12.5. The SMILES string of the molecule is O=C1C=CC=C2C(=O)C(C3CCC(c4ccc(Cl)cc4)CC3)=C(O)C=C12. The first-order valence-corrected chi connectivity index (χ1v) is 9.30. The lowest BCUT2D eigenvalue weighted by Crippen LogP contribution is -2.27. The van der Waals surface area contributed by atoms with Gasteiger partial charge in [0.05, 0.1) is 0 Å². The number of halogens is 1. The van der Waals surface area contributed by atoms with Gasteiger partial charge in [0, 0.05) is 21.7 Å². The molecule has 0 bridgehead atoms. The molecule has 0 aliphatic heterocycles. The normalized spacial score (nSPS) is 25.7. The van der Waals surface area contributed by atoms with Gasteiger partial charge in [-0.3, -0.25) is 9.59 Å². The van der Waals surface area contributed by atoms with E-state index in [0.29, 0.717) is 22.6 Å². The number of rotatable bonds is 2. The summed E-state index contributed by atoms with van der Waals surface area (Å²) < 4.78 is 0. The zero-order valence-electron chi connectivity index (χ0n) is 14.2. The Morgan fingerprint density at radius 2 is 1.58 bits per heavy atom. The Kier molecular flexibility index (Phi) is 4.41. The highest BCUT2D eigenvalue weighted by Crippen LogP contribution is 2.42. The number of benzene rings is 1. The molecule has 1 N–H and O–H groups in total. The summed E-state index contributed by atoms with van der Waals surface area (Å²) >= 11 is 5.96. The van der Waals surface area contributed by atoms with Crippen molar-refractivity contribution in [3.8, 4) is 0 Å². The molecule has 3 aliphatic rings. The van der Waals surface area contributed by atoms with Gasteiger partial charge in [-0.1, -0.05) is 35.9 Å². The largest absolute Gasteiger partial charge is 0.507 e. The number of Topliss-reactive ketones (excluding diaryl/α,β-unsaturated/α-hetero) is 1. The fourth-order valence-electron chi connectivity index (χ4n) is 4.21. The van der Waals surface area contributed by atoms with Crippen molar-refractivity contribution in [1.82, 2.24) is 0 Å². The van der Waals surface area contributed by atoms with E-state index in [9.17, 15) is 14.7 Å². The van der Waals surface area contributed by atoms with Crippen molar-refractivity contribution in [2.75, 3.05) is 0 Å². The average Bonchev–Trinajstić information content (AvgIpc) is 2.64. The zero-order valence-corrected chi connectivity index (χ0v) is 15.0. The Labute approximate surface area is 157 Å². The van der Waals surface area contributed by atoms with Crippen LogP contribution in [0, 0.1) is 5.92 Å². The fraction of sp³-hybridized carbons (Fsp3) is 0.273. The number of carbonyl (C=O) groups is 2. The summed E-state index contributed by atoms with van der Waals surface area (Å²) in [4.78, 5) is 24.8. The molecule has 0 aromatic heterocycles.